The molecule has 0 aromatic heterocycles. The predicted molar refractivity (Wildman–Crippen MR) is 139 cm³/mol. The van der Waals surface area contributed by atoms with Crippen LogP contribution in [-0.4, -0.2) is 23.7 Å². The molecule has 0 radical (unpaired) electrons. The van der Waals surface area contributed by atoms with E-state index in [0.29, 0.717) is 18.8 Å². The van der Waals surface area contributed by atoms with E-state index in [1.165, 1.54) is 89.2 Å². The third kappa shape index (κ3) is 14.8. The van der Waals surface area contributed by atoms with E-state index in [1.54, 1.807) is 6.07 Å². The molecule has 5 heteroatoms. The normalized spacial score (nSPS) is 11.1. The number of carboxylic acids is 1. The van der Waals surface area contributed by atoms with Gasteiger partial charge >= 0.3 is 11.9 Å². The molecule has 0 aliphatic rings. The van der Waals surface area contributed by atoms with E-state index in [0.717, 1.165) is 19.3 Å². The lowest BCUT2D eigenvalue weighted by Gasteiger charge is -2.10. The average Bonchev–Trinajstić information content (AvgIpc) is 2.82. The highest BCUT2D eigenvalue weighted by atomic mass is 16.5. The number of hydrogen-bond acceptors (Lipinski definition) is 4. The van der Waals surface area contributed by atoms with Gasteiger partial charge < -0.3 is 14.6 Å². The molecule has 0 spiro atoms. The molecule has 0 saturated heterocycles. The monoisotopic (exact) mass is 474 g/mol. The number of benzene rings is 1. The van der Waals surface area contributed by atoms with Crippen molar-refractivity contribution in [2.24, 2.45) is 0 Å². The largest absolute Gasteiger partial charge is 0.494 e. The highest BCUT2D eigenvalue weighted by molar-refractivity contribution is 5.92. The third-order valence-corrected chi connectivity index (χ3v) is 5.86. The molecule has 0 heterocycles. The Labute approximate surface area is 206 Å². The van der Waals surface area contributed by atoms with Crippen LogP contribution in [0.5, 0.6) is 11.5 Å². The fraction of sp³-hybridized carbons (Fsp3) is 0.655. The molecule has 192 valence electrons. The summed E-state index contributed by atoms with van der Waals surface area (Å²) >= 11 is 0. The SMILES string of the molecule is CCCCCCCCC=CCCCCCCCCCC(=O)Oc1ccc(OCC)cc1C(=O)O. The number of ether oxygens (including phenoxy) is 2. The van der Waals surface area contributed by atoms with Crippen LogP contribution in [0.1, 0.15) is 127 Å². The zero-order chi connectivity index (χ0) is 24.9. The number of aromatic carboxylic acids is 1. The minimum Gasteiger partial charge on any atom is -0.494 e. The van der Waals surface area contributed by atoms with Crippen LogP contribution in [0.2, 0.25) is 0 Å². The lowest BCUT2D eigenvalue weighted by Crippen LogP contribution is -2.11. The van der Waals surface area contributed by atoms with Crippen molar-refractivity contribution in [2.45, 2.75) is 117 Å². The number of carbonyl (C=O) groups excluding carboxylic acids is 1. The second-order valence-corrected chi connectivity index (χ2v) is 8.91. The minimum atomic E-state index is -1.14. The number of esters is 1. The first-order chi connectivity index (χ1) is 16.6. The predicted octanol–water partition coefficient (Wildman–Crippen LogP) is 8.51. The lowest BCUT2D eigenvalue weighted by atomic mass is 10.1. The van der Waals surface area contributed by atoms with E-state index >= 15 is 0 Å². The van der Waals surface area contributed by atoms with Gasteiger partial charge in [-0.15, -0.1) is 0 Å². The molecule has 1 aromatic rings. The van der Waals surface area contributed by atoms with Crippen LogP contribution in [0.25, 0.3) is 0 Å². The molecule has 0 bridgehead atoms. The Morgan fingerprint density at radius 2 is 1.35 bits per heavy atom. The summed E-state index contributed by atoms with van der Waals surface area (Å²) in [6.45, 7) is 4.52. The van der Waals surface area contributed by atoms with Gasteiger partial charge in [-0.25, -0.2) is 4.79 Å². The molecule has 0 aliphatic heterocycles. The molecule has 1 rings (SSSR count). The van der Waals surface area contributed by atoms with Crippen LogP contribution in [-0.2, 0) is 4.79 Å². The molecule has 34 heavy (non-hydrogen) atoms. The number of unbranched alkanes of at least 4 members (excludes halogenated alkanes) is 13. The van der Waals surface area contributed by atoms with Crippen molar-refractivity contribution < 1.29 is 24.2 Å². The van der Waals surface area contributed by atoms with Crippen molar-refractivity contribution in [1.82, 2.24) is 0 Å². The topological polar surface area (TPSA) is 72.8 Å². The van der Waals surface area contributed by atoms with Gasteiger partial charge in [0.2, 0.25) is 0 Å². The van der Waals surface area contributed by atoms with Gasteiger partial charge in [0, 0.05) is 6.42 Å². The van der Waals surface area contributed by atoms with E-state index in [2.05, 4.69) is 19.1 Å². The van der Waals surface area contributed by atoms with E-state index in [-0.39, 0.29) is 17.3 Å². The summed E-state index contributed by atoms with van der Waals surface area (Å²) in [6.07, 6.45) is 23.4. The van der Waals surface area contributed by atoms with E-state index in [1.807, 2.05) is 6.92 Å². The van der Waals surface area contributed by atoms with Crippen LogP contribution >= 0.6 is 0 Å². The van der Waals surface area contributed by atoms with Gasteiger partial charge in [0.25, 0.3) is 0 Å². The molecule has 0 aliphatic carbocycles. The second-order valence-electron chi connectivity index (χ2n) is 8.91. The summed E-state index contributed by atoms with van der Waals surface area (Å²) in [4.78, 5) is 23.5. The maximum Gasteiger partial charge on any atom is 0.339 e. The van der Waals surface area contributed by atoms with Gasteiger partial charge in [-0.2, -0.15) is 0 Å². The Hall–Kier alpha value is -2.30. The maximum atomic E-state index is 12.1. The molecule has 5 nitrogen and oxygen atoms in total. The summed E-state index contributed by atoms with van der Waals surface area (Å²) in [5.41, 5.74) is -0.0587. The smallest absolute Gasteiger partial charge is 0.339 e. The fourth-order valence-corrected chi connectivity index (χ4v) is 3.89. The van der Waals surface area contributed by atoms with Gasteiger partial charge in [0.1, 0.15) is 17.1 Å². The summed E-state index contributed by atoms with van der Waals surface area (Å²) in [5, 5.41) is 9.35. The van der Waals surface area contributed by atoms with Crippen LogP contribution in [0.15, 0.2) is 30.4 Å². The Balaban J connectivity index is 2.03. The zero-order valence-corrected chi connectivity index (χ0v) is 21.5. The highest BCUT2D eigenvalue weighted by Crippen LogP contribution is 2.25. The quantitative estimate of drug-likeness (QED) is 0.0836. The first kappa shape index (κ1) is 29.7. The molecule has 1 aromatic carbocycles. The molecule has 0 unspecified atom stereocenters. The lowest BCUT2D eigenvalue weighted by molar-refractivity contribution is -0.134. The fourth-order valence-electron chi connectivity index (χ4n) is 3.89. The number of carbonyl (C=O) groups is 2. The maximum absolute atomic E-state index is 12.1. The van der Waals surface area contributed by atoms with E-state index in [4.69, 9.17) is 9.47 Å². The first-order valence-electron chi connectivity index (χ1n) is 13.4. The second kappa shape index (κ2) is 20.1. The Kier molecular flexibility index (Phi) is 17.6. The number of allylic oxidation sites excluding steroid dienone is 2. The van der Waals surface area contributed by atoms with Crippen molar-refractivity contribution in [3.8, 4) is 11.5 Å². The zero-order valence-electron chi connectivity index (χ0n) is 21.5. The molecule has 0 saturated carbocycles. The van der Waals surface area contributed by atoms with Crippen LogP contribution < -0.4 is 9.47 Å². The Bertz CT molecular complexity index is 710. The number of rotatable bonds is 21. The van der Waals surface area contributed by atoms with E-state index < -0.39 is 5.97 Å². The minimum absolute atomic E-state index is 0.0587. The van der Waals surface area contributed by atoms with Crippen LogP contribution in [0, 0.1) is 0 Å². The van der Waals surface area contributed by atoms with Crippen molar-refractivity contribution in [3.63, 3.8) is 0 Å². The number of carboxylic acid groups (broad SMARTS) is 1. The van der Waals surface area contributed by atoms with Crippen molar-refractivity contribution in [2.75, 3.05) is 6.61 Å². The standard InChI is InChI=1S/C29H46O5/c1-3-5-6-7-8-9-10-11-12-13-14-15-16-17-18-19-20-21-28(30)34-27-23-22-25(33-4-2)24-26(27)29(31)32/h11-12,22-24H,3-10,13-21H2,1-2H3,(H,31,32). The van der Waals surface area contributed by atoms with Crippen LogP contribution in [0.3, 0.4) is 0 Å². The van der Waals surface area contributed by atoms with Gasteiger partial charge in [-0.3, -0.25) is 4.79 Å². The molecule has 0 fully saturated rings. The van der Waals surface area contributed by atoms with Crippen molar-refractivity contribution in [1.29, 1.82) is 0 Å². The molecule has 0 atom stereocenters. The van der Waals surface area contributed by atoms with Gasteiger partial charge in [-0.05, 0) is 57.2 Å². The van der Waals surface area contributed by atoms with Crippen LogP contribution in [0.4, 0.5) is 0 Å². The molecular formula is C29H46O5. The van der Waals surface area contributed by atoms with Gasteiger partial charge in [0.05, 0.1) is 6.61 Å². The van der Waals surface area contributed by atoms with Gasteiger partial charge in [-0.1, -0.05) is 83.3 Å². The molecule has 0 amide bonds. The Morgan fingerprint density at radius 3 is 1.91 bits per heavy atom. The summed E-state index contributed by atoms with van der Waals surface area (Å²) in [7, 11) is 0. The van der Waals surface area contributed by atoms with E-state index in [9.17, 15) is 14.7 Å². The molecular weight excluding hydrogens is 428 g/mol. The Morgan fingerprint density at radius 1 is 0.794 bits per heavy atom. The van der Waals surface area contributed by atoms with Gasteiger partial charge in [0.15, 0.2) is 0 Å². The summed E-state index contributed by atoms with van der Waals surface area (Å²) in [5.74, 6) is -1.01. The average molecular weight is 475 g/mol. The summed E-state index contributed by atoms with van der Waals surface area (Å²) in [6, 6.07) is 4.49. The molecule has 1 N–H and O–H groups in total. The first-order valence-corrected chi connectivity index (χ1v) is 13.4. The number of hydrogen-bond donors (Lipinski definition) is 1. The summed E-state index contributed by atoms with van der Waals surface area (Å²) < 4.78 is 10.6. The highest BCUT2D eigenvalue weighted by Gasteiger charge is 2.16. The van der Waals surface area contributed by atoms with Crippen molar-refractivity contribution >= 4 is 11.9 Å². The van der Waals surface area contributed by atoms with Crippen molar-refractivity contribution in [3.05, 3.63) is 35.9 Å². The third-order valence-electron chi connectivity index (χ3n) is 5.86.